The van der Waals surface area contributed by atoms with E-state index in [1.54, 1.807) is 22.8 Å². The molecule has 0 unspecified atom stereocenters. The van der Waals surface area contributed by atoms with Crippen LogP contribution in [0, 0.1) is 6.92 Å². The van der Waals surface area contributed by atoms with Crippen LogP contribution < -0.4 is 10.6 Å². The number of hydrogen-bond acceptors (Lipinski definition) is 7. The monoisotopic (exact) mass is 496 g/mol. The molecule has 2 N–H and O–H groups in total. The molecule has 31 heavy (non-hydrogen) atoms. The van der Waals surface area contributed by atoms with Crippen LogP contribution in [0.1, 0.15) is 21.9 Å². The van der Waals surface area contributed by atoms with Crippen molar-refractivity contribution in [2.75, 3.05) is 11.1 Å². The smallest absolute Gasteiger partial charge is 0.251 e. The Kier molecular flexibility index (Phi) is 8.08. The lowest BCUT2D eigenvalue weighted by Gasteiger charge is -2.09. The van der Waals surface area contributed by atoms with Crippen LogP contribution in [0.4, 0.5) is 5.13 Å². The Bertz CT molecular complexity index is 1110. The fourth-order valence-corrected chi connectivity index (χ4v) is 4.23. The van der Waals surface area contributed by atoms with Gasteiger partial charge in [-0.25, -0.2) is 4.98 Å². The molecule has 3 rings (SSSR count). The SMILES string of the molecule is C=CCn1c(CNC(=O)c2ccc(Cl)c(Cl)c2)nnc1SCC(=O)Nc1nc(C)cs1. The van der Waals surface area contributed by atoms with Gasteiger partial charge < -0.3 is 15.2 Å². The van der Waals surface area contributed by atoms with Gasteiger partial charge in [0.15, 0.2) is 16.1 Å². The van der Waals surface area contributed by atoms with Gasteiger partial charge in [0.1, 0.15) is 0 Å². The Labute approximate surface area is 197 Å². The minimum Gasteiger partial charge on any atom is -0.345 e. The number of anilines is 1. The summed E-state index contributed by atoms with van der Waals surface area (Å²) < 4.78 is 1.79. The van der Waals surface area contributed by atoms with Crippen LogP contribution in [0.5, 0.6) is 0 Å². The number of aryl methyl sites for hydroxylation is 1. The molecule has 162 valence electrons. The maximum Gasteiger partial charge on any atom is 0.251 e. The molecule has 0 atom stereocenters. The molecule has 2 heterocycles. The second kappa shape index (κ2) is 10.8. The first-order chi connectivity index (χ1) is 14.9. The fraction of sp³-hybridized carbons (Fsp3) is 0.211. The van der Waals surface area contributed by atoms with Crippen molar-refractivity contribution >= 4 is 63.2 Å². The topological polar surface area (TPSA) is 102 Å². The molecule has 1 aromatic carbocycles. The molecule has 0 fully saturated rings. The van der Waals surface area contributed by atoms with Crippen LogP contribution in [-0.2, 0) is 17.9 Å². The van der Waals surface area contributed by atoms with Crippen LogP contribution >= 0.6 is 46.3 Å². The number of carbonyl (C=O) groups excluding carboxylic acids is 2. The average molecular weight is 497 g/mol. The van der Waals surface area contributed by atoms with E-state index in [-0.39, 0.29) is 24.1 Å². The first kappa shape index (κ1) is 23.3. The summed E-state index contributed by atoms with van der Waals surface area (Å²) in [6, 6.07) is 4.64. The maximum absolute atomic E-state index is 12.4. The predicted octanol–water partition coefficient (Wildman–Crippen LogP) is 4.20. The third-order valence-corrected chi connectivity index (χ3v) is 6.47. The summed E-state index contributed by atoms with van der Waals surface area (Å²) in [6.45, 7) is 6.18. The summed E-state index contributed by atoms with van der Waals surface area (Å²) in [5, 5.41) is 17.4. The first-order valence-corrected chi connectivity index (χ1v) is 11.6. The minimum absolute atomic E-state index is 0.142. The third-order valence-electron chi connectivity index (χ3n) is 3.89. The Morgan fingerprint density at radius 1 is 1.29 bits per heavy atom. The van der Waals surface area contributed by atoms with Crippen molar-refractivity contribution in [1.82, 2.24) is 25.1 Å². The van der Waals surface area contributed by atoms with E-state index in [1.165, 1.54) is 29.2 Å². The van der Waals surface area contributed by atoms with Crippen LogP contribution in [0.3, 0.4) is 0 Å². The number of thiazole rings is 1. The van der Waals surface area contributed by atoms with Crippen molar-refractivity contribution in [1.29, 1.82) is 0 Å². The number of rotatable bonds is 9. The summed E-state index contributed by atoms with van der Waals surface area (Å²) in [5.41, 5.74) is 1.24. The first-order valence-electron chi connectivity index (χ1n) is 8.98. The van der Waals surface area contributed by atoms with Gasteiger partial charge >= 0.3 is 0 Å². The maximum atomic E-state index is 12.4. The van der Waals surface area contributed by atoms with Crippen molar-refractivity contribution in [2.24, 2.45) is 0 Å². The number of allylic oxidation sites excluding steroid dienone is 1. The Morgan fingerprint density at radius 3 is 2.77 bits per heavy atom. The zero-order valence-corrected chi connectivity index (χ0v) is 19.5. The van der Waals surface area contributed by atoms with E-state index < -0.39 is 0 Å². The van der Waals surface area contributed by atoms with E-state index in [1.807, 2.05) is 12.3 Å². The van der Waals surface area contributed by atoms with E-state index in [9.17, 15) is 9.59 Å². The number of amides is 2. The highest BCUT2D eigenvalue weighted by Gasteiger charge is 2.16. The summed E-state index contributed by atoms with van der Waals surface area (Å²) in [4.78, 5) is 28.8. The number of benzene rings is 1. The van der Waals surface area contributed by atoms with Crippen LogP contribution in [0.25, 0.3) is 0 Å². The number of hydrogen-bond donors (Lipinski definition) is 2. The summed E-state index contributed by atoms with van der Waals surface area (Å²) in [5.74, 6) is 0.163. The van der Waals surface area contributed by atoms with E-state index in [0.29, 0.717) is 38.3 Å². The molecule has 0 spiro atoms. The molecule has 0 aliphatic carbocycles. The molecular formula is C19H18Cl2N6O2S2. The number of thioether (sulfide) groups is 1. The van der Waals surface area contributed by atoms with Crippen molar-refractivity contribution < 1.29 is 9.59 Å². The Balaban J connectivity index is 1.61. The van der Waals surface area contributed by atoms with Crippen LogP contribution in [0.2, 0.25) is 10.0 Å². The van der Waals surface area contributed by atoms with Crippen LogP contribution in [0.15, 0.2) is 41.4 Å². The lowest BCUT2D eigenvalue weighted by Crippen LogP contribution is -2.25. The van der Waals surface area contributed by atoms with Crippen molar-refractivity contribution in [3.8, 4) is 0 Å². The molecule has 0 saturated carbocycles. The van der Waals surface area contributed by atoms with E-state index in [4.69, 9.17) is 23.2 Å². The molecule has 0 aliphatic rings. The second-order valence-corrected chi connectivity index (χ2v) is 8.86. The third kappa shape index (κ3) is 6.30. The van der Waals surface area contributed by atoms with Gasteiger partial charge in [0, 0.05) is 17.5 Å². The van der Waals surface area contributed by atoms with Gasteiger partial charge in [-0.3, -0.25) is 9.59 Å². The van der Waals surface area contributed by atoms with Gasteiger partial charge in [-0.05, 0) is 25.1 Å². The van der Waals surface area contributed by atoms with Crippen molar-refractivity contribution in [2.45, 2.75) is 25.2 Å². The lowest BCUT2D eigenvalue weighted by atomic mass is 10.2. The number of aromatic nitrogens is 4. The van der Waals surface area contributed by atoms with E-state index in [0.717, 1.165) is 5.69 Å². The Morgan fingerprint density at radius 2 is 2.10 bits per heavy atom. The van der Waals surface area contributed by atoms with Gasteiger partial charge in [-0.15, -0.1) is 28.1 Å². The number of carbonyl (C=O) groups is 2. The largest absolute Gasteiger partial charge is 0.345 e. The summed E-state index contributed by atoms with van der Waals surface area (Å²) in [6.07, 6.45) is 1.69. The predicted molar refractivity (Wildman–Crippen MR) is 124 cm³/mol. The molecule has 2 amide bonds. The molecule has 0 saturated heterocycles. The lowest BCUT2D eigenvalue weighted by molar-refractivity contribution is -0.113. The molecule has 3 aromatic rings. The van der Waals surface area contributed by atoms with Gasteiger partial charge in [0.25, 0.3) is 5.91 Å². The summed E-state index contributed by atoms with van der Waals surface area (Å²) >= 11 is 14.5. The van der Waals surface area contributed by atoms with Crippen LogP contribution in [-0.4, -0.2) is 37.3 Å². The molecule has 0 bridgehead atoms. The number of nitrogens with one attached hydrogen (secondary N) is 2. The standard InChI is InChI=1S/C19H18Cl2N6O2S2/c1-3-6-27-15(8-22-17(29)12-4-5-13(20)14(21)7-12)25-26-19(27)31-10-16(28)24-18-23-11(2)9-30-18/h3-5,7,9H,1,6,8,10H2,2H3,(H,22,29)(H,23,24,28). The van der Waals surface area contributed by atoms with E-state index in [2.05, 4.69) is 32.4 Å². The average Bonchev–Trinajstić information content (AvgIpc) is 3.32. The van der Waals surface area contributed by atoms with E-state index >= 15 is 0 Å². The highest BCUT2D eigenvalue weighted by atomic mass is 35.5. The fourth-order valence-electron chi connectivity index (χ4n) is 2.46. The second-order valence-electron chi connectivity index (χ2n) is 6.24. The van der Waals surface area contributed by atoms with Crippen molar-refractivity contribution in [3.63, 3.8) is 0 Å². The van der Waals surface area contributed by atoms with Crippen molar-refractivity contribution in [3.05, 3.63) is 63.4 Å². The zero-order chi connectivity index (χ0) is 22.4. The van der Waals surface area contributed by atoms with Gasteiger partial charge in [0.2, 0.25) is 5.91 Å². The van der Waals surface area contributed by atoms with Gasteiger partial charge in [0.05, 0.1) is 28.0 Å². The van der Waals surface area contributed by atoms with Gasteiger partial charge in [-0.2, -0.15) is 0 Å². The molecule has 0 aliphatic heterocycles. The molecule has 0 radical (unpaired) electrons. The minimum atomic E-state index is -0.320. The Hall–Kier alpha value is -2.40. The normalized spacial score (nSPS) is 10.7. The molecule has 2 aromatic heterocycles. The molecular weight excluding hydrogens is 479 g/mol. The highest BCUT2D eigenvalue weighted by Crippen LogP contribution is 2.23. The number of halogens is 2. The zero-order valence-electron chi connectivity index (χ0n) is 16.4. The summed E-state index contributed by atoms with van der Waals surface area (Å²) in [7, 11) is 0. The molecule has 8 nitrogen and oxygen atoms in total. The molecule has 12 heteroatoms. The number of nitrogens with zero attached hydrogens (tertiary/aromatic N) is 4. The quantitative estimate of drug-likeness (QED) is 0.340. The van der Waals surface area contributed by atoms with Gasteiger partial charge in [-0.1, -0.05) is 41.0 Å². The highest BCUT2D eigenvalue weighted by molar-refractivity contribution is 7.99.